The molecule has 2 saturated carbocycles. The van der Waals surface area contributed by atoms with Gasteiger partial charge in [0.05, 0.1) is 6.42 Å². The second-order valence-corrected chi connectivity index (χ2v) is 23.6. The number of carboxylic acids is 7. The van der Waals surface area contributed by atoms with E-state index in [0.717, 1.165) is 41.3 Å². The van der Waals surface area contributed by atoms with E-state index in [2.05, 4.69) is 14.7 Å². The maximum Gasteiger partial charge on any atom is 0.330 e. The van der Waals surface area contributed by atoms with Gasteiger partial charge in [-0.15, -0.1) is 0 Å². The van der Waals surface area contributed by atoms with Gasteiger partial charge in [-0.2, -0.15) is 0 Å². The molecule has 2 fully saturated rings. The second-order valence-electron chi connectivity index (χ2n) is 23.6. The van der Waals surface area contributed by atoms with Gasteiger partial charge in [0.2, 0.25) is 0 Å². The lowest BCUT2D eigenvalue weighted by Crippen LogP contribution is -2.40. The number of fused-ring (bicyclic) bond motifs is 1. The number of H-pyrrole nitrogens is 1. The third-order valence-electron chi connectivity index (χ3n) is 14.8. The van der Waals surface area contributed by atoms with Crippen molar-refractivity contribution in [2.24, 2.45) is 91.7 Å². The molecule has 2 aliphatic carbocycles. The number of aliphatic imine (C=N–C) groups is 1. The molecule has 0 unspecified atom stereocenters. The average molecular weight is 1350 g/mol. The van der Waals surface area contributed by atoms with Crippen molar-refractivity contribution in [2.75, 3.05) is 13.2 Å². The number of para-hydroxylation sites is 1. The fraction of sp³-hybridized carbons (Fsp3) is 0.603. The van der Waals surface area contributed by atoms with Crippen LogP contribution in [0.25, 0.3) is 10.9 Å². The summed E-state index contributed by atoms with van der Waals surface area (Å²) in [5, 5.41) is 60.6. The van der Waals surface area contributed by atoms with E-state index in [-0.39, 0.29) is 24.9 Å². The van der Waals surface area contributed by atoms with E-state index in [4.69, 9.17) is 104 Å². The molecule has 1 heterocycles. The molecule has 0 spiro atoms. The first-order valence-corrected chi connectivity index (χ1v) is 31.4. The highest BCUT2D eigenvalue weighted by Gasteiger charge is 2.26. The fourth-order valence-corrected chi connectivity index (χ4v) is 8.93. The van der Waals surface area contributed by atoms with Crippen molar-refractivity contribution in [3.63, 3.8) is 0 Å². The molecule has 32 nitrogen and oxygen atoms in total. The summed E-state index contributed by atoms with van der Waals surface area (Å²) < 4.78 is 9.18. The summed E-state index contributed by atoms with van der Waals surface area (Å²) in [7, 11) is 0. The molecule has 10 atom stereocenters. The van der Waals surface area contributed by atoms with Gasteiger partial charge in [0.25, 0.3) is 0 Å². The van der Waals surface area contributed by atoms with Crippen molar-refractivity contribution < 1.29 is 93.2 Å². The van der Waals surface area contributed by atoms with Gasteiger partial charge in [-0.25, -0.2) is 4.79 Å². The van der Waals surface area contributed by atoms with Gasteiger partial charge < -0.3 is 113 Å². The van der Waals surface area contributed by atoms with Gasteiger partial charge in [0.15, 0.2) is 5.96 Å². The molecule has 3 aromatic rings. The Balaban J connectivity index is 0. The third-order valence-corrected chi connectivity index (χ3v) is 14.8. The second kappa shape index (κ2) is 50.2. The topological polar surface area (TPSA) is 645 Å². The number of rotatable bonds is 29. The number of carbonyl (C=O) groups is 10. The number of esters is 3. The summed E-state index contributed by atoms with van der Waals surface area (Å²) in [4.78, 5) is 114. The van der Waals surface area contributed by atoms with Crippen LogP contribution in [0.1, 0.15) is 148 Å². The summed E-state index contributed by atoms with van der Waals surface area (Å²) in [5.74, 6) is -8.32. The van der Waals surface area contributed by atoms with Crippen molar-refractivity contribution in [1.82, 2.24) is 4.98 Å². The minimum Gasteiger partial charge on any atom is -0.480 e. The molecule has 32 heteroatoms. The van der Waals surface area contributed by atoms with Crippen molar-refractivity contribution >= 4 is 76.6 Å². The molecule has 2 aliphatic rings. The van der Waals surface area contributed by atoms with Crippen LogP contribution in [-0.4, -0.2) is 174 Å². The highest BCUT2D eigenvalue weighted by molar-refractivity contribution is 5.90. The molecule has 95 heavy (non-hydrogen) atoms. The minimum absolute atomic E-state index is 0.0704. The van der Waals surface area contributed by atoms with Crippen LogP contribution in [0.2, 0.25) is 0 Å². The molecule has 0 bridgehead atoms. The standard InChI is InChI=1S/C12H22N2O4.C11H12N2O2.C10H19N5O5.C9H17NO2.C9H11NO2.2C6H13NO2/c13-9(6-8-4-2-1-3-5-8)12(17)18-7-10(14)11(15)16;12-9(11(14)15)5-7-6-13-10-4-2-1-3-8(7)10;11-5(2-1-3-15-10(13)14)9(19)20-7(16)4-6(12)8(17)18;2*10-8(9(11)12)6-7-4-2-1-3-5-7;1-4(2)3-5(7)6(8)9;1-3-4(2)5(7)6(8)9/h8-10H,1-7,13-14H2,(H,15,16);1-4,6,9,13H,5,12H2,(H,14,15);5-6H,1-4,11-12H2,(H,17,18)(H4,13,14,15);7-8H,1-6,10H2,(H,11,12);1-5,8H,6,10H2,(H,11,12);2*4-5H,3,7H2,1-2H3,(H,8,9)/t9-,10+;9-;5-,6+;2*8-;5-;4-,5-/m0010000/s1. The summed E-state index contributed by atoms with van der Waals surface area (Å²) in [5.41, 5.74) is 61.5. The summed E-state index contributed by atoms with van der Waals surface area (Å²) in [6.07, 6.45) is 17.2. The number of carboxylic acid groups (broad SMARTS) is 7. The zero-order valence-electron chi connectivity index (χ0n) is 55.0. The predicted octanol–water partition coefficient (Wildman–Crippen LogP) is 1.50. The van der Waals surface area contributed by atoms with Crippen molar-refractivity contribution in [1.29, 1.82) is 0 Å². The average Bonchev–Trinajstić information content (AvgIpc) is 1.71. The van der Waals surface area contributed by atoms with Crippen LogP contribution in [0.4, 0.5) is 0 Å². The lowest BCUT2D eigenvalue weighted by Gasteiger charge is -2.23. The Kier molecular flexibility index (Phi) is 47.0. The molecular weight excluding hydrogens is 1240 g/mol. The van der Waals surface area contributed by atoms with Crippen LogP contribution in [0, 0.1) is 23.7 Å². The molecule has 0 amide bonds. The van der Waals surface area contributed by atoms with Gasteiger partial charge in [0.1, 0.15) is 61.0 Å². The van der Waals surface area contributed by atoms with Crippen molar-refractivity contribution in [3.05, 3.63) is 71.9 Å². The Morgan fingerprint density at radius 3 is 1.43 bits per heavy atom. The van der Waals surface area contributed by atoms with Crippen LogP contribution < -0.4 is 63.1 Å². The van der Waals surface area contributed by atoms with E-state index in [0.29, 0.717) is 62.8 Å². The zero-order valence-corrected chi connectivity index (χ0v) is 55.0. The minimum atomic E-state index is -1.42. The molecule has 0 aliphatic heterocycles. The molecule has 0 saturated heterocycles. The fourth-order valence-electron chi connectivity index (χ4n) is 8.93. The Labute approximate surface area is 553 Å². The first kappa shape index (κ1) is 88.8. The number of carbonyl (C=O) groups excluding carboxylic acids is 3. The number of aromatic nitrogens is 1. The zero-order chi connectivity index (χ0) is 72.9. The Hall–Kier alpha value is -8.21. The number of nitrogens with one attached hydrogen (secondary N) is 1. The highest BCUT2D eigenvalue weighted by atomic mass is 16.6. The van der Waals surface area contributed by atoms with Gasteiger partial charge >= 0.3 is 59.7 Å². The van der Waals surface area contributed by atoms with Gasteiger partial charge in [-0.3, -0.25) is 48.1 Å². The maximum absolute atomic E-state index is 11.5. The van der Waals surface area contributed by atoms with Crippen LogP contribution in [0.5, 0.6) is 0 Å². The SMILES string of the molecule is CC(C)C[C@H](N)C(=O)O.CC[C@H](C)[C@H](N)C(=O)O.NC(N)=NCCC[C@@H](N)C(=O)OC(=O)C[C@H](N)C(=O)O.N[C@@H](CC1CCCCC1)C(=O)O.N[C@@H](Cc1c[nH]c2ccccc12)C(=O)O.N[C@@H](Cc1ccccc1)C(=O)O.N[C@H](COC(=O)[C@@H](N)CC1CCCCC1)C(=O)O. The maximum atomic E-state index is 11.5. The quantitative estimate of drug-likeness (QED) is 0.0154. The smallest absolute Gasteiger partial charge is 0.330 e. The molecular formula is C63H107N13O19. The molecule has 5 rings (SSSR count). The highest BCUT2D eigenvalue weighted by Crippen LogP contribution is 2.28. The molecule has 2 aromatic carbocycles. The first-order valence-electron chi connectivity index (χ1n) is 31.4. The lowest BCUT2D eigenvalue weighted by atomic mass is 9.85. The number of aromatic amines is 1. The summed E-state index contributed by atoms with van der Waals surface area (Å²) in [6.45, 7) is 7.62. The van der Waals surface area contributed by atoms with Gasteiger partial charge in [-0.05, 0) is 79.4 Å². The Morgan fingerprint density at radius 2 is 1.00 bits per heavy atom. The largest absolute Gasteiger partial charge is 0.480 e. The van der Waals surface area contributed by atoms with E-state index >= 15 is 0 Å². The van der Waals surface area contributed by atoms with Crippen molar-refractivity contribution in [3.8, 4) is 0 Å². The number of nitrogens with two attached hydrogens (primary N) is 11. The lowest BCUT2D eigenvalue weighted by molar-refractivity contribution is -0.162. The number of aliphatic carboxylic acids is 7. The Morgan fingerprint density at radius 1 is 0.537 bits per heavy atom. The number of nitrogens with zero attached hydrogens (tertiary/aromatic N) is 1. The molecule has 30 N–H and O–H groups in total. The third kappa shape index (κ3) is 43.4. The van der Waals surface area contributed by atoms with Crippen LogP contribution in [-0.2, 0) is 70.3 Å². The number of guanidine groups is 1. The normalized spacial score (nSPS) is 15.9. The van der Waals surface area contributed by atoms with E-state index in [9.17, 15) is 47.9 Å². The molecule has 1 aromatic heterocycles. The van der Waals surface area contributed by atoms with E-state index in [1.54, 1.807) is 0 Å². The van der Waals surface area contributed by atoms with Crippen molar-refractivity contribution in [2.45, 2.75) is 204 Å². The van der Waals surface area contributed by atoms with Crippen LogP contribution in [0.15, 0.2) is 65.8 Å². The number of hydrogen-bond acceptors (Lipinski definition) is 22. The predicted molar refractivity (Wildman–Crippen MR) is 355 cm³/mol. The van der Waals surface area contributed by atoms with Gasteiger partial charge in [-0.1, -0.05) is 147 Å². The van der Waals surface area contributed by atoms with Crippen LogP contribution in [0.3, 0.4) is 0 Å². The van der Waals surface area contributed by atoms with E-state index in [1.807, 2.05) is 88.5 Å². The first-order chi connectivity index (χ1) is 44.4. The van der Waals surface area contributed by atoms with E-state index in [1.165, 1.54) is 51.4 Å². The van der Waals surface area contributed by atoms with Crippen LogP contribution >= 0.6 is 0 Å². The Bertz CT molecular complexity index is 2780. The summed E-state index contributed by atoms with van der Waals surface area (Å²) >= 11 is 0. The number of benzene rings is 2. The van der Waals surface area contributed by atoms with E-state index < -0.39 is 120 Å². The molecule has 0 radical (unpaired) electrons. The number of hydrogen-bond donors (Lipinski definition) is 19. The summed E-state index contributed by atoms with van der Waals surface area (Å²) in [6, 6.07) is 9.12. The number of ether oxygens (including phenoxy) is 2. The van der Waals surface area contributed by atoms with Gasteiger partial charge in [0, 0.05) is 30.1 Å². The monoisotopic (exact) mass is 1350 g/mol. The molecule has 538 valence electrons.